The van der Waals surface area contributed by atoms with Gasteiger partial charge in [-0.2, -0.15) is 0 Å². The fourth-order valence-electron chi connectivity index (χ4n) is 2.89. The van der Waals surface area contributed by atoms with E-state index in [0.717, 1.165) is 11.7 Å². The monoisotopic (exact) mass is 277 g/mol. The molecule has 0 saturated heterocycles. The van der Waals surface area contributed by atoms with E-state index in [1.165, 1.54) is 32.1 Å². The van der Waals surface area contributed by atoms with E-state index >= 15 is 0 Å². The minimum atomic E-state index is -0.457. The smallest absolute Gasteiger partial charge is 0.119 e. The average molecular weight is 277 g/mol. The molecule has 0 amide bonds. The molecule has 2 N–H and O–H groups in total. The minimum Gasteiger partial charge on any atom is -0.491 e. The summed E-state index contributed by atoms with van der Waals surface area (Å²) in [5, 5.41) is 13.4. The molecule has 1 aliphatic carbocycles. The molecular formula is C17H27NO2. The first-order chi connectivity index (χ1) is 9.75. The lowest BCUT2D eigenvalue weighted by atomic mass is 9.84. The van der Waals surface area contributed by atoms with E-state index in [4.69, 9.17) is 4.74 Å². The van der Waals surface area contributed by atoms with Crippen LogP contribution in [0.5, 0.6) is 5.75 Å². The molecule has 0 radical (unpaired) electrons. The third-order valence-electron chi connectivity index (χ3n) is 4.22. The highest BCUT2D eigenvalue weighted by atomic mass is 16.5. The van der Waals surface area contributed by atoms with Crippen LogP contribution in [0.25, 0.3) is 0 Å². The maximum absolute atomic E-state index is 9.97. The molecule has 3 nitrogen and oxygen atoms in total. The van der Waals surface area contributed by atoms with Gasteiger partial charge in [0.15, 0.2) is 0 Å². The number of rotatable bonds is 7. The van der Waals surface area contributed by atoms with Gasteiger partial charge in [-0.3, -0.25) is 0 Å². The van der Waals surface area contributed by atoms with Gasteiger partial charge in [-0.05, 0) is 37.8 Å². The van der Waals surface area contributed by atoms with Gasteiger partial charge in [-0.1, -0.05) is 37.5 Å². The molecule has 0 spiro atoms. The van der Waals surface area contributed by atoms with Gasteiger partial charge in [0.2, 0.25) is 0 Å². The van der Waals surface area contributed by atoms with E-state index in [1.54, 1.807) is 0 Å². The first kappa shape index (κ1) is 15.3. The van der Waals surface area contributed by atoms with Gasteiger partial charge >= 0.3 is 0 Å². The highest BCUT2D eigenvalue weighted by Crippen LogP contribution is 2.26. The van der Waals surface area contributed by atoms with Gasteiger partial charge in [-0.25, -0.2) is 0 Å². The maximum Gasteiger partial charge on any atom is 0.119 e. The zero-order valence-corrected chi connectivity index (χ0v) is 12.4. The summed E-state index contributed by atoms with van der Waals surface area (Å²) < 4.78 is 5.56. The van der Waals surface area contributed by atoms with E-state index in [1.807, 2.05) is 30.3 Å². The van der Waals surface area contributed by atoms with E-state index in [9.17, 15) is 5.11 Å². The molecule has 20 heavy (non-hydrogen) atoms. The molecule has 1 aromatic rings. The van der Waals surface area contributed by atoms with Gasteiger partial charge in [0.25, 0.3) is 0 Å². The van der Waals surface area contributed by atoms with E-state index in [2.05, 4.69) is 12.2 Å². The predicted molar refractivity (Wildman–Crippen MR) is 82.0 cm³/mol. The van der Waals surface area contributed by atoms with Crippen molar-refractivity contribution in [1.82, 2.24) is 5.32 Å². The normalized spacial score (nSPS) is 19.5. The molecule has 1 aromatic carbocycles. The van der Waals surface area contributed by atoms with Crippen molar-refractivity contribution in [1.29, 1.82) is 0 Å². The second kappa shape index (κ2) is 8.28. The van der Waals surface area contributed by atoms with Crippen molar-refractivity contribution in [2.45, 2.75) is 51.2 Å². The molecule has 1 unspecified atom stereocenters. The van der Waals surface area contributed by atoms with Crippen molar-refractivity contribution in [3.05, 3.63) is 30.3 Å². The molecule has 3 heteroatoms. The topological polar surface area (TPSA) is 41.5 Å². The third-order valence-corrected chi connectivity index (χ3v) is 4.22. The first-order valence-electron chi connectivity index (χ1n) is 7.85. The van der Waals surface area contributed by atoms with E-state index in [-0.39, 0.29) is 0 Å². The quantitative estimate of drug-likeness (QED) is 0.805. The molecule has 1 fully saturated rings. The summed E-state index contributed by atoms with van der Waals surface area (Å²) >= 11 is 0. The van der Waals surface area contributed by atoms with Crippen molar-refractivity contribution in [2.75, 3.05) is 13.2 Å². The summed E-state index contributed by atoms with van der Waals surface area (Å²) in [6.07, 6.45) is 6.29. The summed E-state index contributed by atoms with van der Waals surface area (Å²) in [4.78, 5) is 0. The molecule has 2 rings (SSSR count). The first-order valence-corrected chi connectivity index (χ1v) is 7.85. The van der Waals surface area contributed by atoms with Crippen LogP contribution >= 0.6 is 0 Å². The SMILES string of the molecule is C[C@H](NCC(O)COc1ccccc1)C1CCCCC1. The molecule has 1 saturated carbocycles. The zero-order valence-electron chi connectivity index (χ0n) is 12.4. The molecule has 112 valence electrons. The van der Waals surface area contributed by atoms with Gasteiger partial charge < -0.3 is 15.2 Å². The van der Waals surface area contributed by atoms with Crippen LogP contribution in [0.15, 0.2) is 30.3 Å². The largest absolute Gasteiger partial charge is 0.491 e. The molecule has 0 aromatic heterocycles. The Morgan fingerprint density at radius 3 is 2.60 bits per heavy atom. The van der Waals surface area contributed by atoms with Crippen LogP contribution < -0.4 is 10.1 Å². The molecule has 0 bridgehead atoms. The van der Waals surface area contributed by atoms with Gasteiger partial charge in [0.1, 0.15) is 18.5 Å². The molecule has 0 aliphatic heterocycles. The van der Waals surface area contributed by atoms with Gasteiger partial charge in [0, 0.05) is 12.6 Å². The van der Waals surface area contributed by atoms with Crippen LogP contribution in [0.4, 0.5) is 0 Å². The number of benzene rings is 1. The Kier molecular flexibility index (Phi) is 6.34. The fraction of sp³-hybridized carbons (Fsp3) is 0.647. The summed E-state index contributed by atoms with van der Waals surface area (Å²) in [7, 11) is 0. The van der Waals surface area contributed by atoms with Gasteiger partial charge in [-0.15, -0.1) is 0 Å². The fourth-order valence-corrected chi connectivity index (χ4v) is 2.89. The maximum atomic E-state index is 9.97. The van der Waals surface area contributed by atoms with Crippen LogP contribution in [0, 0.1) is 5.92 Å². The van der Waals surface area contributed by atoms with Crippen molar-refractivity contribution >= 4 is 0 Å². The molecule has 1 aliphatic rings. The van der Waals surface area contributed by atoms with E-state index < -0.39 is 6.10 Å². The van der Waals surface area contributed by atoms with Crippen molar-refractivity contribution in [2.24, 2.45) is 5.92 Å². The molecular weight excluding hydrogens is 250 g/mol. The lowest BCUT2D eigenvalue weighted by molar-refractivity contribution is 0.100. The Balaban J connectivity index is 1.63. The number of aliphatic hydroxyl groups is 1. The Labute approximate surface area is 122 Å². The second-order valence-electron chi connectivity index (χ2n) is 5.87. The molecule has 2 atom stereocenters. The second-order valence-corrected chi connectivity index (χ2v) is 5.87. The number of nitrogens with one attached hydrogen (secondary N) is 1. The minimum absolute atomic E-state index is 0.342. The van der Waals surface area contributed by atoms with Crippen LogP contribution in [0.2, 0.25) is 0 Å². The van der Waals surface area contributed by atoms with E-state index in [0.29, 0.717) is 19.2 Å². The van der Waals surface area contributed by atoms with Gasteiger partial charge in [0.05, 0.1) is 0 Å². The third kappa shape index (κ3) is 5.14. The summed E-state index contributed by atoms with van der Waals surface area (Å²) in [5.74, 6) is 1.58. The zero-order chi connectivity index (χ0) is 14.2. The summed E-state index contributed by atoms with van der Waals surface area (Å²) in [6, 6.07) is 10.1. The summed E-state index contributed by atoms with van der Waals surface area (Å²) in [6.45, 7) is 3.18. The Hall–Kier alpha value is -1.06. The lowest BCUT2D eigenvalue weighted by Gasteiger charge is -2.29. The Morgan fingerprint density at radius 2 is 1.90 bits per heavy atom. The number of hydrogen-bond acceptors (Lipinski definition) is 3. The number of para-hydroxylation sites is 1. The van der Waals surface area contributed by atoms with Crippen LogP contribution in [0.3, 0.4) is 0 Å². The Bertz CT molecular complexity index is 363. The van der Waals surface area contributed by atoms with Crippen molar-refractivity contribution < 1.29 is 9.84 Å². The van der Waals surface area contributed by atoms with Crippen molar-refractivity contribution in [3.8, 4) is 5.75 Å². The van der Waals surface area contributed by atoms with Crippen molar-refractivity contribution in [3.63, 3.8) is 0 Å². The number of hydrogen-bond donors (Lipinski definition) is 2. The van der Waals surface area contributed by atoms with Crippen LogP contribution in [0.1, 0.15) is 39.0 Å². The lowest BCUT2D eigenvalue weighted by Crippen LogP contribution is -2.40. The molecule has 0 heterocycles. The van der Waals surface area contributed by atoms with Crippen LogP contribution in [-0.4, -0.2) is 30.4 Å². The number of aliphatic hydroxyl groups excluding tert-OH is 1. The highest BCUT2D eigenvalue weighted by Gasteiger charge is 2.20. The highest BCUT2D eigenvalue weighted by molar-refractivity contribution is 5.20. The Morgan fingerprint density at radius 1 is 1.20 bits per heavy atom. The predicted octanol–water partition coefficient (Wildman–Crippen LogP) is 2.98. The summed E-state index contributed by atoms with van der Waals surface area (Å²) in [5.41, 5.74) is 0. The average Bonchev–Trinajstić information content (AvgIpc) is 2.52. The standard InChI is InChI=1S/C17H27NO2/c1-14(15-8-4-2-5-9-15)18-12-16(19)13-20-17-10-6-3-7-11-17/h3,6-7,10-11,14-16,18-19H,2,4-5,8-9,12-13H2,1H3/t14-,16?/m0/s1. The van der Waals surface area contributed by atoms with Crippen LogP contribution in [-0.2, 0) is 0 Å². The number of ether oxygens (including phenoxy) is 1.